The molecule has 3 heteroatoms. The van der Waals surface area contributed by atoms with Gasteiger partial charge < -0.3 is 11.1 Å². The van der Waals surface area contributed by atoms with Gasteiger partial charge in [0.1, 0.15) is 0 Å². The highest BCUT2D eigenvalue weighted by molar-refractivity contribution is 5.76. The highest BCUT2D eigenvalue weighted by atomic mass is 16.1. The Balaban J connectivity index is 2.77. The van der Waals surface area contributed by atoms with Crippen LogP contribution in [0.5, 0.6) is 0 Å². The number of rotatable bonds is 3. The molecule has 1 rings (SSSR count). The van der Waals surface area contributed by atoms with Crippen molar-refractivity contribution in [2.24, 2.45) is 5.73 Å². The molecule has 1 amide bonds. The quantitative estimate of drug-likeness (QED) is 0.841. The van der Waals surface area contributed by atoms with Crippen LogP contribution >= 0.6 is 0 Å². The van der Waals surface area contributed by atoms with Gasteiger partial charge in [-0.3, -0.25) is 4.79 Å². The Morgan fingerprint density at radius 3 is 2.24 bits per heavy atom. The van der Waals surface area contributed by atoms with E-state index in [1.54, 1.807) is 7.05 Å². The normalized spacial score (nSPS) is 13.2. The van der Waals surface area contributed by atoms with Crippen molar-refractivity contribution in [2.45, 2.75) is 38.6 Å². The van der Waals surface area contributed by atoms with Gasteiger partial charge >= 0.3 is 0 Å². The third-order valence-electron chi connectivity index (χ3n) is 2.89. The topological polar surface area (TPSA) is 55.1 Å². The van der Waals surface area contributed by atoms with Crippen LogP contribution in [0.25, 0.3) is 0 Å². The Morgan fingerprint density at radius 2 is 1.82 bits per heavy atom. The molecular formula is C14H22N2O. The molecule has 0 spiro atoms. The van der Waals surface area contributed by atoms with E-state index in [0.29, 0.717) is 6.42 Å². The second kappa shape index (κ2) is 5.32. The number of carbonyl (C=O) groups excluding carboxylic acids is 1. The van der Waals surface area contributed by atoms with Crippen LogP contribution in [0.2, 0.25) is 0 Å². The minimum Gasteiger partial charge on any atom is -0.359 e. The monoisotopic (exact) mass is 234 g/mol. The van der Waals surface area contributed by atoms with E-state index >= 15 is 0 Å². The lowest BCUT2D eigenvalue weighted by atomic mass is 9.86. The zero-order chi connectivity index (χ0) is 13.1. The van der Waals surface area contributed by atoms with Gasteiger partial charge in [0.25, 0.3) is 0 Å². The van der Waals surface area contributed by atoms with E-state index in [-0.39, 0.29) is 17.4 Å². The molecular weight excluding hydrogens is 212 g/mol. The lowest BCUT2D eigenvalue weighted by molar-refractivity contribution is -0.120. The van der Waals surface area contributed by atoms with Crippen LogP contribution in [0.15, 0.2) is 24.3 Å². The maximum atomic E-state index is 11.2. The fourth-order valence-electron chi connectivity index (χ4n) is 1.65. The van der Waals surface area contributed by atoms with Crippen molar-refractivity contribution in [3.8, 4) is 0 Å². The standard InChI is InChI=1S/C14H22N2O/c1-14(2,3)11-7-5-10(6-8-11)12(15)9-13(17)16-4/h5-8,12H,9,15H2,1-4H3,(H,16,17). The SMILES string of the molecule is CNC(=O)CC(N)c1ccc(C(C)(C)C)cc1. The van der Waals surface area contributed by atoms with E-state index in [0.717, 1.165) is 5.56 Å². The molecule has 0 aliphatic heterocycles. The summed E-state index contributed by atoms with van der Waals surface area (Å²) in [6.45, 7) is 6.52. The Labute approximate surface area is 103 Å². The van der Waals surface area contributed by atoms with E-state index in [2.05, 4.69) is 38.2 Å². The number of nitrogens with one attached hydrogen (secondary N) is 1. The molecule has 0 aromatic heterocycles. The van der Waals surface area contributed by atoms with Crippen LogP contribution in [0.4, 0.5) is 0 Å². The third kappa shape index (κ3) is 3.86. The van der Waals surface area contributed by atoms with Gasteiger partial charge in [-0.1, -0.05) is 45.0 Å². The van der Waals surface area contributed by atoms with Gasteiger partial charge in [-0.2, -0.15) is 0 Å². The number of carbonyl (C=O) groups is 1. The van der Waals surface area contributed by atoms with Gasteiger partial charge in [0.05, 0.1) is 0 Å². The van der Waals surface area contributed by atoms with Crippen molar-refractivity contribution in [2.75, 3.05) is 7.05 Å². The molecule has 1 atom stereocenters. The highest BCUT2D eigenvalue weighted by Gasteiger charge is 2.15. The first-order chi connectivity index (χ1) is 7.84. The summed E-state index contributed by atoms with van der Waals surface area (Å²) < 4.78 is 0. The second-order valence-corrected chi connectivity index (χ2v) is 5.36. The van der Waals surface area contributed by atoms with Gasteiger partial charge in [0.2, 0.25) is 5.91 Å². The Bertz CT molecular complexity index is 376. The maximum Gasteiger partial charge on any atom is 0.221 e. The summed E-state index contributed by atoms with van der Waals surface area (Å²) in [6, 6.07) is 7.95. The largest absolute Gasteiger partial charge is 0.359 e. The first-order valence-electron chi connectivity index (χ1n) is 5.91. The minimum atomic E-state index is -0.232. The molecule has 1 aromatic rings. The number of benzene rings is 1. The summed E-state index contributed by atoms with van der Waals surface area (Å²) >= 11 is 0. The number of amides is 1. The zero-order valence-electron chi connectivity index (χ0n) is 11.1. The first-order valence-corrected chi connectivity index (χ1v) is 5.91. The van der Waals surface area contributed by atoms with Crippen LogP contribution in [0, 0.1) is 0 Å². The van der Waals surface area contributed by atoms with Crippen LogP contribution in [-0.2, 0) is 10.2 Å². The summed E-state index contributed by atoms with van der Waals surface area (Å²) in [7, 11) is 1.62. The van der Waals surface area contributed by atoms with Crippen LogP contribution in [0.1, 0.15) is 44.4 Å². The number of hydrogen-bond acceptors (Lipinski definition) is 2. The average Bonchev–Trinajstić information content (AvgIpc) is 2.27. The van der Waals surface area contributed by atoms with E-state index in [1.165, 1.54) is 5.56 Å². The van der Waals surface area contributed by atoms with Crippen molar-refractivity contribution in [1.29, 1.82) is 0 Å². The van der Waals surface area contributed by atoms with Crippen LogP contribution in [0.3, 0.4) is 0 Å². The number of nitrogens with two attached hydrogens (primary N) is 1. The predicted octanol–water partition coefficient (Wildman–Crippen LogP) is 2.12. The van der Waals surface area contributed by atoms with Crippen LogP contribution in [-0.4, -0.2) is 13.0 Å². The molecule has 94 valence electrons. The molecule has 0 aliphatic rings. The fraction of sp³-hybridized carbons (Fsp3) is 0.500. The molecule has 1 unspecified atom stereocenters. The summed E-state index contributed by atoms with van der Waals surface area (Å²) in [5.41, 5.74) is 8.39. The Hall–Kier alpha value is -1.35. The van der Waals surface area contributed by atoms with Crippen LogP contribution < -0.4 is 11.1 Å². The Kier molecular flexibility index (Phi) is 4.29. The molecule has 17 heavy (non-hydrogen) atoms. The van der Waals surface area contributed by atoms with Crippen molar-refractivity contribution in [3.05, 3.63) is 35.4 Å². The molecule has 0 saturated heterocycles. The van der Waals surface area contributed by atoms with Gasteiger partial charge in [-0.05, 0) is 16.5 Å². The van der Waals surface area contributed by atoms with E-state index < -0.39 is 0 Å². The molecule has 0 aliphatic carbocycles. The molecule has 0 radical (unpaired) electrons. The molecule has 1 aromatic carbocycles. The van der Waals surface area contributed by atoms with Gasteiger partial charge in [-0.15, -0.1) is 0 Å². The molecule has 3 N–H and O–H groups in total. The van der Waals surface area contributed by atoms with Crippen molar-refractivity contribution < 1.29 is 4.79 Å². The molecule has 0 fully saturated rings. The second-order valence-electron chi connectivity index (χ2n) is 5.36. The lowest BCUT2D eigenvalue weighted by Gasteiger charge is -2.20. The summed E-state index contributed by atoms with van der Waals surface area (Å²) in [5.74, 6) is -0.0302. The third-order valence-corrected chi connectivity index (χ3v) is 2.89. The highest BCUT2D eigenvalue weighted by Crippen LogP contribution is 2.24. The van der Waals surface area contributed by atoms with E-state index in [4.69, 9.17) is 5.73 Å². The van der Waals surface area contributed by atoms with E-state index in [1.807, 2.05) is 12.1 Å². The fourth-order valence-corrected chi connectivity index (χ4v) is 1.65. The van der Waals surface area contributed by atoms with Crippen molar-refractivity contribution in [3.63, 3.8) is 0 Å². The lowest BCUT2D eigenvalue weighted by Crippen LogP contribution is -2.24. The van der Waals surface area contributed by atoms with Crippen molar-refractivity contribution in [1.82, 2.24) is 5.32 Å². The molecule has 3 nitrogen and oxygen atoms in total. The zero-order valence-corrected chi connectivity index (χ0v) is 11.1. The smallest absolute Gasteiger partial charge is 0.221 e. The molecule has 0 saturated carbocycles. The molecule has 0 bridgehead atoms. The minimum absolute atomic E-state index is 0.0302. The summed E-state index contributed by atoms with van der Waals surface area (Å²) in [4.78, 5) is 11.2. The number of hydrogen-bond donors (Lipinski definition) is 2. The predicted molar refractivity (Wildman–Crippen MR) is 70.8 cm³/mol. The van der Waals surface area contributed by atoms with Gasteiger partial charge in [-0.25, -0.2) is 0 Å². The van der Waals surface area contributed by atoms with E-state index in [9.17, 15) is 4.79 Å². The first kappa shape index (κ1) is 13.7. The van der Waals surface area contributed by atoms with Crippen molar-refractivity contribution >= 4 is 5.91 Å². The average molecular weight is 234 g/mol. The summed E-state index contributed by atoms with van der Waals surface area (Å²) in [5, 5.41) is 2.58. The maximum absolute atomic E-state index is 11.2. The van der Waals surface area contributed by atoms with Gasteiger partial charge in [0.15, 0.2) is 0 Å². The Morgan fingerprint density at radius 1 is 1.29 bits per heavy atom. The van der Waals surface area contributed by atoms with Gasteiger partial charge in [0, 0.05) is 19.5 Å². The summed E-state index contributed by atoms with van der Waals surface area (Å²) in [6.07, 6.45) is 0.325. The molecule has 0 heterocycles.